The topological polar surface area (TPSA) is 76.2 Å². The highest BCUT2D eigenvalue weighted by Gasteiger charge is 2.14. The predicted molar refractivity (Wildman–Crippen MR) is 60.8 cm³/mol. The van der Waals surface area contributed by atoms with Crippen LogP contribution < -0.4 is 5.73 Å². The minimum Gasteiger partial charge on any atom is -0.480 e. The van der Waals surface area contributed by atoms with Crippen molar-refractivity contribution in [2.75, 3.05) is 0 Å². The Labute approximate surface area is 103 Å². The highest BCUT2D eigenvalue weighted by atomic mass is 35.5. The maximum atomic E-state index is 10.5. The van der Waals surface area contributed by atoms with Crippen LogP contribution in [0, 0.1) is 0 Å². The van der Waals surface area contributed by atoms with Crippen LogP contribution in [-0.4, -0.2) is 22.1 Å². The van der Waals surface area contributed by atoms with Gasteiger partial charge in [0.25, 0.3) is 0 Å². The lowest BCUT2D eigenvalue weighted by Gasteiger charge is -2.07. The Balaban J connectivity index is 0.00000196. The summed E-state index contributed by atoms with van der Waals surface area (Å²) in [5.74, 6) is -1.07. The molecule has 0 aliphatic rings. The molecule has 0 aromatic carbocycles. The third kappa shape index (κ3) is 4.22. The molecule has 1 atom stereocenters. The van der Waals surface area contributed by atoms with Gasteiger partial charge < -0.3 is 10.8 Å². The number of hydrogen-bond acceptors (Lipinski definition) is 3. The van der Waals surface area contributed by atoms with E-state index in [-0.39, 0.29) is 29.1 Å². The molecule has 0 aliphatic heterocycles. The summed E-state index contributed by atoms with van der Waals surface area (Å²) < 4.78 is 0. The molecule has 0 saturated heterocycles. The monoisotopic (exact) mass is 270 g/mol. The van der Waals surface area contributed by atoms with E-state index in [9.17, 15) is 4.79 Å². The molecule has 15 heavy (non-hydrogen) atoms. The lowest BCUT2D eigenvalue weighted by molar-refractivity contribution is -0.138. The van der Waals surface area contributed by atoms with E-state index >= 15 is 0 Å². The minimum atomic E-state index is -1.07. The number of aliphatic carboxylic acids is 1. The van der Waals surface area contributed by atoms with Gasteiger partial charge in [0.1, 0.15) is 16.3 Å². The third-order valence-electron chi connectivity index (χ3n) is 1.65. The molecule has 0 spiro atoms. The zero-order valence-corrected chi connectivity index (χ0v) is 9.81. The van der Waals surface area contributed by atoms with Crippen molar-refractivity contribution in [1.29, 1.82) is 0 Å². The normalized spacial score (nSPS) is 11.7. The van der Waals surface area contributed by atoms with Gasteiger partial charge in [-0.25, -0.2) is 4.98 Å². The van der Waals surface area contributed by atoms with Crippen molar-refractivity contribution in [1.82, 2.24) is 4.98 Å². The average molecular weight is 272 g/mol. The summed E-state index contributed by atoms with van der Waals surface area (Å²) in [5, 5.41) is 9.03. The first-order chi connectivity index (χ1) is 6.50. The number of carboxylic acids is 1. The van der Waals surface area contributed by atoms with Crippen LogP contribution in [0.15, 0.2) is 12.1 Å². The molecule has 0 saturated carbocycles. The Morgan fingerprint density at radius 3 is 2.60 bits per heavy atom. The van der Waals surface area contributed by atoms with Crippen molar-refractivity contribution in [2.45, 2.75) is 12.5 Å². The SMILES string of the molecule is Cl.NC(Cc1ccc(Cl)nc1Cl)C(=O)O. The van der Waals surface area contributed by atoms with Crippen LogP contribution in [0.2, 0.25) is 10.3 Å². The Morgan fingerprint density at radius 2 is 2.13 bits per heavy atom. The molecule has 4 nitrogen and oxygen atoms in total. The van der Waals surface area contributed by atoms with E-state index in [4.69, 9.17) is 34.0 Å². The fraction of sp³-hybridized carbons (Fsp3) is 0.250. The fourth-order valence-corrected chi connectivity index (χ4v) is 1.34. The van der Waals surface area contributed by atoms with E-state index in [1.54, 1.807) is 6.07 Å². The molecular formula is C8H9Cl3N2O2. The summed E-state index contributed by atoms with van der Waals surface area (Å²) in [6, 6.07) is 2.17. The molecule has 0 fully saturated rings. The summed E-state index contributed by atoms with van der Waals surface area (Å²) in [4.78, 5) is 14.2. The van der Waals surface area contributed by atoms with Gasteiger partial charge in [0, 0.05) is 6.42 Å². The lowest BCUT2D eigenvalue weighted by Crippen LogP contribution is -2.32. The molecule has 7 heteroatoms. The molecule has 0 aliphatic carbocycles. The third-order valence-corrected chi connectivity index (χ3v) is 2.19. The van der Waals surface area contributed by atoms with Crippen LogP contribution in [0.1, 0.15) is 5.56 Å². The van der Waals surface area contributed by atoms with E-state index < -0.39 is 12.0 Å². The van der Waals surface area contributed by atoms with Crippen molar-refractivity contribution < 1.29 is 9.90 Å². The lowest BCUT2D eigenvalue weighted by atomic mass is 10.1. The van der Waals surface area contributed by atoms with Crippen LogP contribution in [-0.2, 0) is 11.2 Å². The number of nitrogens with two attached hydrogens (primary N) is 1. The Hall–Kier alpha value is -0.550. The molecule has 84 valence electrons. The van der Waals surface area contributed by atoms with Gasteiger partial charge in [-0.15, -0.1) is 12.4 Å². The van der Waals surface area contributed by atoms with Crippen molar-refractivity contribution in [3.63, 3.8) is 0 Å². The molecule has 1 heterocycles. The fourth-order valence-electron chi connectivity index (χ4n) is 0.917. The number of hydrogen-bond donors (Lipinski definition) is 2. The van der Waals surface area contributed by atoms with Crippen molar-refractivity contribution in [3.8, 4) is 0 Å². The molecule has 1 aromatic heterocycles. The molecule has 0 radical (unpaired) electrons. The minimum absolute atomic E-state index is 0. The number of pyridine rings is 1. The summed E-state index contributed by atoms with van der Waals surface area (Å²) in [6.45, 7) is 0. The van der Waals surface area contributed by atoms with Crippen LogP contribution in [0.4, 0.5) is 0 Å². The van der Waals surface area contributed by atoms with Gasteiger partial charge in [0.2, 0.25) is 0 Å². The first-order valence-corrected chi connectivity index (χ1v) is 4.55. The Kier molecular flexibility index (Phi) is 5.90. The number of aromatic nitrogens is 1. The molecular weight excluding hydrogens is 262 g/mol. The standard InChI is InChI=1S/C8H8Cl2N2O2.ClH/c9-6-2-1-4(7(10)12-6)3-5(11)8(13)14;/h1-2,5H,3,11H2,(H,13,14);1H. The maximum Gasteiger partial charge on any atom is 0.320 e. The molecule has 0 bridgehead atoms. The van der Waals surface area contributed by atoms with Gasteiger partial charge in [0.15, 0.2) is 0 Å². The van der Waals surface area contributed by atoms with E-state index in [1.807, 2.05) is 0 Å². The van der Waals surface area contributed by atoms with Gasteiger partial charge in [-0.2, -0.15) is 0 Å². The smallest absolute Gasteiger partial charge is 0.320 e. The van der Waals surface area contributed by atoms with Gasteiger partial charge in [0.05, 0.1) is 0 Å². The maximum absolute atomic E-state index is 10.5. The number of rotatable bonds is 3. The second kappa shape index (κ2) is 6.12. The highest BCUT2D eigenvalue weighted by molar-refractivity contribution is 6.32. The van der Waals surface area contributed by atoms with E-state index in [0.29, 0.717) is 5.56 Å². The quantitative estimate of drug-likeness (QED) is 0.822. The predicted octanol–water partition coefficient (Wildman–Crippen LogP) is 1.76. The first-order valence-electron chi connectivity index (χ1n) is 3.80. The van der Waals surface area contributed by atoms with Crippen LogP contribution in [0.25, 0.3) is 0 Å². The Bertz CT molecular complexity index is 360. The summed E-state index contributed by atoms with van der Waals surface area (Å²) in [7, 11) is 0. The summed E-state index contributed by atoms with van der Waals surface area (Å²) in [6.07, 6.45) is 0.137. The molecule has 1 aromatic rings. The zero-order valence-electron chi connectivity index (χ0n) is 7.48. The van der Waals surface area contributed by atoms with Crippen LogP contribution in [0.3, 0.4) is 0 Å². The van der Waals surface area contributed by atoms with Crippen molar-refractivity contribution >= 4 is 41.6 Å². The number of halogens is 3. The summed E-state index contributed by atoms with van der Waals surface area (Å²) >= 11 is 11.3. The van der Waals surface area contributed by atoms with Crippen molar-refractivity contribution in [2.24, 2.45) is 5.73 Å². The molecule has 1 rings (SSSR count). The molecule has 1 unspecified atom stereocenters. The van der Waals surface area contributed by atoms with Gasteiger partial charge in [-0.05, 0) is 11.6 Å². The largest absolute Gasteiger partial charge is 0.480 e. The van der Waals surface area contributed by atoms with Crippen LogP contribution in [0.5, 0.6) is 0 Å². The average Bonchev–Trinajstić information content (AvgIpc) is 2.09. The van der Waals surface area contributed by atoms with E-state index in [1.165, 1.54) is 6.07 Å². The van der Waals surface area contributed by atoms with Crippen LogP contribution >= 0.6 is 35.6 Å². The zero-order chi connectivity index (χ0) is 10.7. The molecule has 0 amide bonds. The molecule has 3 N–H and O–H groups in total. The second-order valence-corrected chi connectivity index (χ2v) is 3.48. The van der Waals surface area contributed by atoms with E-state index in [2.05, 4.69) is 4.98 Å². The highest BCUT2D eigenvalue weighted by Crippen LogP contribution is 2.17. The first kappa shape index (κ1) is 14.5. The summed E-state index contributed by atoms with van der Waals surface area (Å²) in [5.41, 5.74) is 5.91. The van der Waals surface area contributed by atoms with Gasteiger partial charge in [-0.3, -0.25) is 4.79 Å². The Morgan fingerprint density at radius 1 is 1.53 bits per heavy atom. The van der Waals surface area contributed by atoms with Crippen molar-refractivity contribution in [3.05, 3.63) is 28.0 Å². The van der Waals surface area contributed by atoms with Gasteiger partial charge in [-0.1, -0.05) is 29.3 Å². The number of carbonyl (C=O) groups is 1. The number of nitrogens with zero attached hydrogens (tertiary/aromatic N) is 1. The second-order valence-electron chi connectivity index (χ2n) is 2.73. The van der Waals surface area contributed by atoms with E-state index in [0.717, 1.165) is 0 Å². The van der Waals surface area contributed by atoms with Gasteiger partial charge >= 0.3 is 5.97 Å². The number of carboxylic acid groups (broad SMARTS) is 1.